The number of nitrogens with zero attached hydrogens (tertiary/aromatic N) is 2. The predicted molar refractivity (Wildman–Crippen MR) is 35.7 cm³/mol. The van der Waals surface area contributed by atoms with Crippen molar-refractivity contribution in [2.45, 2.75) is 0 Å². The highest BCUT2D eigenvalue weighted by molar-refractivity contribution is 7.52. The van der Waals surface area contributed by atoms with E-state index in [9.17, 15) is 0 Å². The number of hydrazone groups is 1. The Morgan fingerprint density at radius 3 is 2.38 bits per heavy atom. The molecule has 48 valence electrons. The predicted octanol–water partition coefficient (Wildman–Crippen LogP) is -1.04. The van der Waals surface area contributed by atoms with Crippen LogP contribution in [0, 0.1) is 0 Å². The van der Waals surface area contributed by atoms with Gasteiger partial charge in [0, 0.05) is 0 Å². The Bertz CT molecular complexity index is 80.5. The van der Waals surface area contributed by atoms with Gasteiger partial charge in [0.15, 0.2) is 0 Å². The molecule has 0 aliphatic rings. The van der Waals surface area contributed by atoms with Crippen LogP contribution in [0.5, 0.6) is 0 Å². The lowest BCUT2D eigenvalue weighted by Crippen LogP contribution is -2.26. The Morgan fingerprint density at radius 2 is 2.25 bits per heavy atom. The summed E-state index contributed by atoms with van der Waals surface area (Å²) in [7, 11) is -0.786. The highest BCUT2D eigenvalue weighted by Crippen LogP contribution is 2.18. The van der Waals surface area contributed by atoms with E-state index in [0.29, 0.717) is 0 Å². The Balaban J connectivity index is 3.47. The zero-order valence-corrected chi connectivity index (χ0v) is 5.55. The van der Waals surface area contributed by atoms with Gasteiger partial charge >= 0.3 is 0 Å². The van der Waals surface area contributed by atoms with E-state index < -0.39 is 8.22 Å². The monoisotopic (exact) mass is 135 g/mol. The van der Waals surface area contributed by atoms with Crippen molar-refractivity contribution in [1.29, 1.82) is 0 Å². The van der Waals surface area contributed by atoms with Gasteiger partial charge in [-0.15, -0.1) is 0 Å². The Kier molecular flexibility index (Phi) is 3.43. The molecule has 0 saturated carbocycles. The fraction of sp³-hybridized carbons (Fsp3) is 0.500. The molecule has 1 unspecified atom stereocenters. The normalized spacial score (nSPS) is 14.4. The average Bonchev–Trinajstić information content (AvgIpc) is 1.67. The van der Waals surface area contributed by atoms with Crippen LogP contribution in [-0.2, 0) is 0 Å². The second-order valence-corrected chi connectivity index (χ2v) is 2.83. The van der Waals surface area contributed by atoms with Crippen molar-refractivity contribution in [3.63, 3.8) is 0 Å². The van der Waals surface area contributed by atoms with Crippen LogP contribution in [0.3, 0.4) is 0 Å². The van der Waals surface area contributed by atoms with Crippen molar-refractivity contribution >= 4 is 14.6 Å². The summed E-state index contributed by atoms with van der Waals surface area (Å²) in [5.41, 5.74) is 5.34. The summed E-state index contributed by atoms with van der Waals surface area (Å²) in [6.07, 6.45) is 1.28. The van der Waals surface area contributed by atoms with Gasteiger partial charge in [-0.05, 0) is 6.66 Å². The Morgan fingerprint density at radius 1 is 1.75 bits per heavy atom. The van der Waals surface area contributed by atoms with Crippen molar-refractivity contribution < 1.29 is 0 Å². The minimum atomic E-state index is -0.786. The Labute approximate surface area is 49.3 Å². The first-order chi connectivity index (χ1) is 3.68. The SMILES string of the molecule is CP(N)N(N)/C=N/N. The summed E-state index contributed by atoms with van der Waals surface area (Å²) >= 11 is 0. The third kappa shape index (κ3) is 2.74. The number of hydrogen-bond donors (Lipinski definition) is 3. The molecule has 0 amide bonds. The van der Waals surface area contributed by atoms with Crippen LogP contribution in [0.1, 0.15) is 0 Å². The van der Waals surface area contributed by atoms with Gasteiger partial charge < -0.3 is 5.84 Å². The minimum Gasteiger partial charge on any atom is -0.322 e. The molecule has 6 N–H and O–H groups in total. The molecule has 0 saturated heterocycles. The molecule has 0 rings (SSSR count). The molecule has 0 bridgehead atoms. The molecule has 0 aromatic carbocycles. The number of hydrogen-bond acceptors (Lipinski definition) is 4. The van der Waals surface area contributed by atoms with E-state index in [4.69, 9.17) is 17.2 Å². The van der Waals surface area contributed by atoms with Crippen molar-refractivity contribution in [2.24, 2.45) is 22.3 Å². The quantitative estimate of drug-likeness (QED) is 0.148. The molecule has 0 aromatic rings. The molecular formula is C2H10N5P. The minimum absolute atomic E-state index is 0.786. The largest absolute Gasteiger partial charge is 0.322 e. The van der Waals surface area contributed by atoms with E-state index in [1.165, 1.54) is 11.1 Å². The van der Waals surface area contributed by atoms with Gasteiger partial charge in [-0.3, -0.25) is 10.3 Å². The van der Waals surface area contributed by atoms with Crippen LogP contribution in [-0.4, -0.2) is 17.8 Å². The lowest BCUT2D eigenvalue weighted by molar-refractivity contribution is 0.727. The van der Waals surface area contributed by atoms with Gasteiger partial charge in [0.05, 0.1) is 8.22 Å². The summed E-state index contributed by atoms with van der Waals surface area (Å²) in [6.45, 7) is 1.79. The van der Waals surface area contributed by atoms with E-state index in [1.54, 1.807) is 6.66 Å². The van der Waals surface area contributed by atoms with Gasteiger partial charge in [-0.25, -0.2) is 5.84 Å². The van der Waals surface area contributed by atoms with Crippen LogP contribution in [0.4, 0.5) is 0 Å². The first-order valence-electron chi connectivity index (χ1n) is 1.94. The van der Waals surface area contributed by atoms with E-state index >= 15 is 0 Å². The van der Waals surface area contributed by atoms with E-state index in [1.807, 2.05) is 0 Å². The van der Waals surface area contributed by atoms with Crippen LogP contribution >= 0.6 is 8.22 Å². The summed E-state index contributed by atoms with van der Waals surface area (Å²) < 4.78 is 1.27. The third-order valence-corrected chi connectivity index (χ3v) is 1.38. The third-order valence-electron chi connectivity index (χ3n) is 0.549. The highest BCUT2D eigenvalue weighted by Gasteiger charge is 1.95. The summed E-state index contributed by atoms with van der Waals surface area (Å²) in [5.74, 6) is 10.0. The summed E-state index contributed by atoms with van der Waals surface area (Å²) in [5, 5.41) is 3.17. The molecule has 0 aromatic heterocycles. The maximum Gasteiger partial charge on any atom is 0.129 e. The highest BCUT2D eigenvalue weighted by atomic mass is 31.1. The van der Waals surface area contributed by atoms with Crippen molar-refractivity contribution in [2.75, 3.05) is 6.66 Å². The van der Waals surface area contributed by atoms with Gasteiger partial charge in [-0.1, -0.05) is 0 Å². The van der Waals surface area contributed by atoms with E-state index in [-0.39, 0.29) is 0 Å². The van der Waals surface area contributed by atoms with Gasteiger partial charge in [-0.2, -0.15) is 5.10 Å². The molecule has 8 heavy (non-hydrogen) atoms. The van der Waals surface area contributed by atoms with E-state index in [0.717, 1.165) is 0 Å². The number of nitrogens with two attached hydrogens (primary N) is 3. The molecule has 0 heterocycles. The van der Waals surface area contributed by atoms with Crippen LogP contribution < -0.4 is 17.2 Å². The first kappa shape index (κ1) is 7.62. The van der Waals surface area contributed by atoms with Crippen molar-refractivity contribution in [1.82, 2.24) is 4.78 Å². The zero-order valence-electron chi connectivity index (χ0n) is 4.65. The molecule has 0 radical (unpaired) electrons. The van der Waals surface area contributed by atoms with Crippen molar-refractivity contribution in [3.05, 3.63) is 0 Å². The smallest absolute Gasteiger partial charge is 0.129 e. The maximum atomic E-state index is 5.34. The second kappa shape index (κ2) is 3.60. The molecule has 5 nitrogen and oxygen atoms in total. The van der Waals surface area contributed by atoms with Crippen molar-refractivity contribution in [3.8, 4) is 0 Å². The van der Waals surface area contributed by atoms with Crippen LogP contribution in [0.2, 0.25) is 0 Å². The lowest BCUT2D eigenvalue weighted by atomic mass is 11.3. The molecule has 0 aliphatic carbocycles. The van der Waals surface area contributed by atoms with E-state index in [2.05, 4.69) is 5.10 Å². The summed E-state index contributed by atoms with van der Waals surface area (Å²) in [4.78, 5) is 0. The fourth-order valence-corrected chi connectivity index (χ4v) is 0.372. The molecule has 0 spiro atoms. The van der Waals surface area contributed by atoms with Crippen LogP contribution in [0.25, 0.3) is 0 Å². The maximum absolute atomic E-state index is 5.34. The first-order valence-corrected chi connectivity index (χ1v) is 3.75. The Hall–Kier alpha value is -0.380. The second-order valence-electron chi connectivity index (χ2n) is 1.22. The van der Waals surface area contributed by atoms with Gasteiger partial charge in [0.2, 0.25) is 0 Å². The molecule has 1 atom stereocenters. The average molecular weight is 135 g/mol. The number of rotatable bonds is 2. The summed E-state index contributed by atoms with van der Waals surface area (Å²) in [6, 6.07) is 0. The topological polar surface area (TPSA) is 93.7 Å². The molecular weight excluding hydrogens is 125 g/mol. The van der Waals surface area contributed by atoms with Gasteiger partial charge in [0.25, 0.3) is 0 Å². The lowest BCUT2D eigenvalue weighted by Gasteiger charge is -2.14. The van der Waals surface area contributed by atoms with Crippen LogP contribution in [0.15, 0.2) is 5.10 Å². The van der Waals surface area contributed by atoms with Gasteiger partial charge in [0.1, 0.15) is 6.34 Å². The molecule has 0 fully saturated rings. The zero-order chi connectivity index (χ0) is 6.57. The number of hydrazine groups is 1. The molecule has 0 aliphatic heterocycles. The fourth-order valence-electron chi connectivity index (χ4n) is 0.150. The molecule has 6 heteroatoms. The standard InChI is InChI=1S/C2H10N5P/c1-8(5)7(4)2-6-3/h2H,3-5H2,1H3/b6-2+.